The zero-order valence-electron chi connectivity index (χ0n) is 17.6. The summed E-state index contributed by atoms with van der Waals surface area (Å²) in [6, 6.07) is 3.65. The van der Waals surface area contributed by atoms with Crippen molar-refractivity contribution >= 4 is 23.7 Å². The summed E-state index contributed by atoms with van der Waals surface area (Å²) in [5, 5.41) is 16.7. The van der Waals surface area contributed by atoms with Gasteiger partial charge in [-0.1, -0.05) is 26.0 Å². The molecule has 0 saturated heterocycles. The van der Waals surface area contributed by atoms with E-state index in [0.29, 0.717) is 0 Å². The number of rotatable bonds is 10. The molecule has 10 heteroatoms. The number of aromatic hydroxyl groups is 1. The Morgan fingerprint density at radius 3 is 2.17 bits per heavy atom. The number of carbonyl (C=O) groups excluding carboxylic acids is 4. The van der Waals surface area contributed by atoms with Gasteiger partial charge in [0.2, 0.25) is 17.7 Å². The van der Waals surface area contributed by atoms with E-state index in [4.69, 9.17) is 5.73 Å². The molecule has 0 heterocycles. The van der Waals surface area contributed by atoms with E-state index >= 15 is 0 Å². The van der Waals surface area contributed by atoms with Gasteiger partial charge in [-0.25, -0.2) is 4.79 Å². The third-order valence-electron chi connectivity index (χ3n) is 4.34. The van der Waals surface area contributed by atoms with Gasteiger partial charge in [-0.2, -0.15) is 0 Å². The number of amides is 3. The molecule has 0 unspecified atom stereocenters. The molecule has 166 valence electrons. The highest BCUT2D eigenvalue weighted by atomic mass is 16.5. The van der Waals surface area contributed by atoms with Gasteiger partial charge in [-0.3, -0.25) is 14.4 Å². The van der Waals surface area contributed by atoms with Gasteiger partial charge in [0.05, 0.1) is 19.7 Å². The van der Waals surface area contributed by atoms with E-state index in [9.17, 15) is 24.3 Å². The van der Waals surface area contributed by atoms with E-state index in [1.807, 2.05) is 0 Å². The first-order valence-corrected chi connectivity index (χ1v) is 9.53. The van der Waals surface area contributed by atoms with Gasteiger partial charge >= 0.3 is 5.97 Å². The second-order valence-electron chi connectivity index (χ2n) is 7.24. The molecular formula is C20H30N4O6. The maximum atomic E-state index is 12.2. The number of hydrogen-bond acceptors (Lipinski definition) is 7. The van der Waals surface area contributed by atoms with Gasteiger partial charge in [-0.05, 0) is 37.0 Å². The zero-order chi connectivity index (χ0) is 22.8. The fraction of sp³-hybridized carbons (Fsp3) is 0.500. The van der Waals surface area contributed by atoms with E-state index in [2.05, 4.69) is 20.7 Å². The van der Waals surface area contributed by atoms with Crippen LogP contribution >= 0.6 is 0 Å². The highest BCUT2D eigenvalue weighted by Gasteiger charge is 2.25. The van der Waals surface area contributed by atoms with E-state index in [1.54, 1.807) is 26.0 Å². The Bertz CT molecular complexity index is 750. The lowest BCUT2D eigenvalue weighted by Gasteiger charge is -2.20. The van der Waals surface area contributed by atoms with Gasteiger partial charge in [0.15, 0.2) is 0 Å². The average Bonchev–Trinajstić information content (AvgIpc) is 2.70. The minimum absolute atomic E-state index is 0.109. The van der Waals surface area contributed by atoms with Crippen LogP contribution in [0.4, 0.5) is 0 Å². The molecule has 0 aliphatic carbocycles. The van der Waals surface area contributed by atoms with Crippen molar-refractivity contribution in [3.05, 3.63) is 29.8 Å². The summed E-state index contributed by atoms with van der Waals surface area (Å²) in [5.41, 5.74) is 6.63. The summed E-state index contributed by atoms with van der Waals surface area (Å²) in [4.78, 5) is 48.0. The smallest absolute Gasteiger partial charge is 0.328 e. The zero-order valence-corrected chi connectivity index (χ0v) is 17.6. The van der Waals surface area contributed by atoms with Crippen LogP contribution in [0.15, 0.2) is 24.3 Å². The van der Waals surface area contributed by atoms with Gasteiger partial charge < -0.3 is 31.5 Å². The van der Waals surface area contributed by atoms with Crippen LogP contribution in [-0.2, 0) is 30.3 Å². The highest BCUT2D eigenvalue weighted by Crippen LogP contribution is 2.11. The second kappa shape index (κ2) is 11.8. The minimum Gasteiger partial charge on any atom is -0.508 e. The van der Waals surface area contributed by atoms with Crippen LogP contribution in [0, 0.1) is 5.92 Å². The Hall–Kier alpha value is -3.14. The molecule has 1 aromatic rings. The normalized spacial score (nSPS) is 13.7. The van der Waals surface area contributed by atoms with E-state index in [0.717, 1.165) is 5.56 Å². The van der Waals surface area contributed by atoms with Crippen molar-refractivity contribution < 1.29 is 29.0 Å². The molecule has 3 atom stereocenters. The number of esters is 1. The largest absolute Gasteiger partial charge is 0.508 e. The second-order valence-corrected chi connectivity index (χ2v) is 7.24. The van der Waals surface area contributed by atoms with Crippen LogP contribution in [0.2, 0.25) is 0 Å². The number of phenolic OH excluding ortho intramolecular Hbond substituents is 1. The standard InChI is InChI=1S/C20H30N4O6/c1-11(2)17(20(29)30-4)24-16(26)10-22-18(27)12(3)23-19(28)15(21)9-13-5-7-14(25)8-6-13/h5-8,11-12,15,17,25H,9-10,21H2,1-4H3,(H,22,27)(H,23,28)(H,24,26)/t12-,15+,17-/m0/s1. The summed E-state index contributed by atoms with van der Waals surface area (Å²) >= 11 is 0. The molecule has 1 aromatic carbocycles. The predicted molar refractivity (Wildman–Crippen MR) is 109 cm³/mol. The average molecular weight is 422 g/mol. The molecule has 0 aliphatic rings. The van der Waals surface area contributed by atoms with Crippen molar-refractivity contribution in [2.24, 2.45) is 11.7 Å². The quantitative estimate of drug-likeness (QED) is 0.308. The van der Waals surface area contributed by atoms with Crippen molar-refractivity contribution in [3.63, 3.8) is 0 Å². The molecule has 30 heavy (non-hydrogen) atoms. The van der Waals surface area contributed by atoms with Crippen molar-refractivity contribution in [3.8, 4) is 5.75 Å². The summed E-state index contributed by atoms with van der Waals surface area (Å²) in [6.45, 7) is 4.60. The van der Waals surface area contributed by atoms with Crippen LogP contribution < -0.4 is 21.7 Å². The van der Waals surface area contributed by atoms with Gasteiger partial charge in [0.1, 0.15) is 17.8 Å². The lowest BCUT2D eigenvalue weighted by molar-refractivity contribution is -0.146. The Morgan fingerprint density at radius 2 is 1.63 bits per heavy atom. The maximum Gasteiger partial charge on any atom is 0.328 e. The highest BCUT2D eigenvalue weighted by molar-refractivity contribution is 5.92. The number of hydrogen-bond donors (Lipinski definition) is 5. The summed E-state index contributed by atoms with van der Waals surface area (Å²) in [7, 11) is 1.22. The van der Waals surface area contributed by atoms with Crippen LogP contribution in [0.25, 0.3) is 0 Å². The van der Waals surface area contributed by atoms with Crippen molar-refractivity contribution in [1.29, 1.82) is 0 Å². The molecule has 0 aromatic heterocycles. The van der Waals surface area contributed by atoms with Crippen molar-refractivity contribution in [2.75, 3.05) is 13.7 Å². The Morgan fingerprint density at radius 1 is 1.03 bits per heavy atom. The van der Waals surface area contributed by atoms with E-state index in [-0.39, 0.29) is 24.6 Å². The lowest BCUT2D eigenvalue weighted by atomic mass is 10.0. The molecule has 0 radical (unpaired) electrons. The van der Waals surface area contributed by atoms with Gasteiger partial charge in [0.25, 0.3) is 0 Å². The number of nitrogens with two attached hydrogens (primary N) is 1. The number of nitrogens with one attached hydrogen (secondary N) is 3. The van der Waals surface area contributed by atoms with Crippen LogP contribution in [0.1, 0.15) is 26.3 Å². The van der Waals surface area contributed by atoms with E-state index < -0.39 is 41.8 Å². The molecule has 0 fully saturated rings. The number of benzene rings is 1. The molecule has 1 rings (SSSR count). The molecule has 0 spiro atoms. The van der Waals surface area contributed by atoms with E-state index in [1.165, 1.54) is 26.2 Å². The van der Waals surface area contributed by atoms with Gasteiger partial charge in [0, 0.05) is 0 Å². The fourth-order valence-corrected chi connectivity index (χ4v) is 2.53. The molecule has 6 N–H and O–H groups in total. The summed E-state index contributed by atoms with van der Waals surface area (Å²) < 4.78 is 4.64. The topological polar surface area (TPSA) is 160 Å². The Kier molecular flexibility index (Phi) is 9.76. The van der Waals surface area contributed by atoms with Crippen molar-refractivity contribution in [2.45, 2.75) is 45.3 Å². The summed E-state index contributed by atoms with van der Waals surface area (Å²) in [6.07, 6.45) is 0.229. The first-order chi connectivity index (χ1) is 14.0. The fourth-order valence-electron chi connectivity index (χ4n) is 2.53. The number of carbonyl (C=O) groups is 4. The Balaban J connectivity index is 2.47. The molecule has 0 saturated carbocycles. The first-order valence-electron chi connectivity index (χ1n) is 9.53. The van der Waals surface area contributed by atoms with Gasteiger partial charge in [-0.15, -0.1) is 0 Å². The minimum atomic E-state index is -0.919. The van der Waals surface area contributed by atoms with Crippen molar-refractivity contribution in [1.82, 2.24) is 16.0 Å². The maximum absolute atomic E-state index is 12.2. The summed E-state index contributed by atoms with van der Waals surface area (Å²) in [5.74, 6) is -2.32. The molecule has 10 nitrogen and oxygen atoms in total. The SMILES string of the molecule is COC(=O)[C@@H](NC(=O)CNC(=O)[C@H](C)NC(=O)[C@H](N)Cc1ccc(O)cc1)C(C)C. The first kappa shape index (κ1) is 24.9. The predicted octanol–water partition coefficient (Wildman–Crippen LogP) is -0.803. The molecule has 0 bridgehead atoms. The number of ether oxygens (including phenoxy) is 1. The number of phenols is 1. The molecule has 0 aliphatic heterocycles. The third-order valence-corrected chi connectivity index (χ3v) is 4.34. The monoisotopic (exact) mass is 422 g/mol. The Labute approximate surface area is 175 Å². The van der Waals surface area contributed by atoms with Crippen LogP contribution in [0.3, 0.4) is 0 Å². The number of methoxy groups -OCH3 is 1. The van der Waals surface area contributed by atoms with Crippen LogP contribution in [-0.4, -0.2) is 60.6 Å². The lowest BCUT2D eigenvalue weighted by Crippen LogP contribution is -2.53. The van der Waals surface area contributed by atoms with Crippen LogP contribution in [0.5, 0.6) is 5.75 Å². The third kappa shape index (κ3) is 8.08. The molecular weight excluding hydrogens is 392 g/mol. The molecule has 3 amide bonds.